The van der Waals surface area contributed by atoms with Gasteiger partial charge in [-0.3, -0.25) is 0 Å². The molecule has 0 radical (unpaired) electrons. The lowest BCUT2D eigenvalue weighted by Crippen LogP contribution is -2.43. The Balaban J connectivity index is 0.00000105. The fourth-order valence-corrected chi connectivity index (χ4v) is 1.67. The molecule has 0 amide bonds. The van der Waals surface area contributed by atoms with Gasteiger partial charge in [0.2, 0.25) is 0 Å². The molecule has 0 aromatic carbocycles. The van der Waals surface area contributed by atoms with Crippen LogP contribution in [-0.4, -0.2) is 76.7 Å². The quantitative estimate of drug-likeness (QED) is 0.237. The molecule has 0 saturated carbocycles. The second kappa shape index (κ2) is 18.3. The molecule has 10 heteroatoms. The maximum atomic E-state index is 11.3. The molecule has 0 aliphatic carbocycles. The van der Waals surface area contributed by atoms with Crippen molar-refractivity contribution in [2.75, 3.05) is 52.9 Å². The first-order valence-electron chi connectivity index (χ1n) is 10.1. The lowest BCUT2D eigenvalue weighted by molar-refractivity contribution is -0.164. The Morgan fingerprint density at radius 3 is 0.879 bits per heavy atom. The molecule has 184 valence electrons. The van der Waals surface area contributed by atoms with Gasteiger partial charge in [0.15, 0.2) is 0 Å². The number of hydrogen-bond acceptors (Lipinski definition) is 10. The maximum absolute atomic E-state index is 11.3. The molecule has 0 spiro atoms. The molecule has 33 heavy (non-hydrogen) atoms. The number of carbonyl (C=O) groups is 4. The molecular formula is C23H32O10. The summed E-state index contributed by atoms with van der Waals surface area (Å²) < 4.78 is 29.2. The van der Waals surface area contributed by atoms with E-state index in [0.717, 1.165) is 50.7 Å². The van der Waals surface area contributed by atoms with Crippen molar-refractivity contribution in [3.05, 3.63) is 50.6 Å². The Hall–Kier alpha value is -3.24. The van der Waals surface area contributed by atoms with E-state index < -0.39 is 29.3 Å². The summed E-state index contributed by atoms with van der Waals surface area (Å²) in [6.07, 6.45) is 6.25. The third kappa shape index (κ3) is 15.2. The predicted octanol–water partition coefficient (Wildman–Crippen LogP) is 1.70. The van der Waals surface area contributed by atoms with E-state index in [4.69, 9.17) is 28.4 Å². The van der Waals surface area contributed by atoms with Crippen molar-refractivity contribution in [3.63, 3.8) is 0 Å². The van der Waals surface area contributed by atoms with Gasteiger partial charge in [-0.2, -0.15) is 0 Å². The molecule has 2 aliphatic heterocycles. The van der Waals surface area contributed by atoms with Gasteiger partial charge in [0.25, 0.3) is 0 Å². The molecular weight excluding hydrogens is 436 g/mol. The van der Waals surface area contributed by atoms with Crippen LogP contribution in [0.3, 0.4) is 0 Å². The minimum Gasteiger partial charge on any atom is -0.462 e. The Bertz CT molecular complexity index is 557. The number of ether oxygens (including phenoxy) is 6. The molecule has 2 heterocycles. The number of rotatable bonds is 12. The van der Waals surface area contributed by atoms with Crippen LogP contribution in [0.4, 0.5) is 0 Å². The van der Waals surface area contributed by atoms with Crippen LogP contribution in [0.15, 0.2) is 50.6 Å². The third-order valence-electron chi connectivity index (χ3n) is 3.90. The van der Waals surface area contributed by atoms with E-state index in [0.29, 0.717) is 0 Å². The SMILES string of the molecule is C1COC1.C1COC1.C=CC(=O)OCC(COC(=O)C=C)(COC(=O)C=C)COC(=O)C=C. The van der Waals surface area contributed by atoms with Crippen molar-refractivity contribution < 1.29 is 47.6 Å². The molecule has 0 atom stereocenters. The molecule has 0 unspecified atom stereocenters. The van der Waals surface area contributed by atoms with E-state index in [2.05, 4.69) is 26.3 Å². The summed E-state index contributed by atoms with van der Waals surface area (Å²) in [4.78, 5) is 45.3. The highest BCUT2D eigenvalue weighted by molar-refractivity contribution is 5.82. The zero-order valence-electron chi connectivity index (χ0n) is 18.8. The van der Waals surface area contributed by atoms with Gasteiger partial charge in [0.05, 0.1) is 0 Å². The first-order valence-corrected chi connectivity index (χ1v) is 10.1. The van der Waals surface area contributed by atoms with Crippen molar-refractivity contribution >= 4 is 23.9 Å². The molecule has 2 saturated heterocycles. The fraction of sp³-hybridized carbons (Fsp3) is 0.478. The molecule has 2 aliphatic rings. The normalized spacial score (nSPS) is 13.3. The number of esters is 4. The average molecular weight is 468 g/mol. The fourth-order valence-electron chi connectivity index (χ4n) is 1.67. The zero-order valence-corrected chi connectivity index (χ0v) is 18.8. The van der Waals surface area contributed by atoms with Crippen molar-refractivity contribution in [3.8, 4) is 0 Å². The second-order valence-corrected chi connectivity index (χ2v) is 6.68. The predicted molar refractivity (Wildman–Crippen MR) is 118 cm³/mol. The molecule has 0 N–H and O–H groups in total. The van der Waals surface area contributed by atoms with E-state index in [1.54, 1.807) is 0 Å². The largest absolute Gasteiger partial charge is 0.462 e. The molecule has 2 fully saturated rings. The summed E-state index contributed by atoms with van der Waals surface area (Å²) in [5.41, 5.74) is -1.34. The van der Waals surface area contributed by atoms with Gasteiger partial charge in [-0.25, -0.2) is 19.2 Å². The van der Waals surface area contributed by atoms with Gasteiger partial charge >= 0.3 is 23.9 Å². The zero-order chi connectivity index (χ0) is 25.0. The van der Waals surface area contributed by atoms with E-state index in [1.165, 1.54) is 12.8 Å². The molecule has 0 aromatic rings. The lowest BCUT2D eigenvalue weighted by atomic mass is 9.92. The van der Waals surface area contributed by atoms with Crippen LogP contribution in [0.5, 0.6) is 0 Å². The smallest absolute Gasteiger partial charge is 0.330 e. The van der Waals surface area contributed by atoms with Gasteiger partial charge in [-0.15, -0.1) is 0 Å². The molecule has 0 aromatic heterocycles. The Labute approximate surface area is 193 Å². The topological polar surface area (TPSA) is 124 Å². The number of carbonyl (C=O) groups excluding carboxylic acids is 4. The van der Waals surface area contributed by atoms with Gasteiger partial charge < -0.3 is 28.4 Å². The van der Waals surface area contributed by atoms with Gasteiger partial charge in [0, 0.05) is 50.7 Å². The highest BCUT2D eigenvalue weighted by Crippen LogP contribution is 2.21. The summed E-state index contributed by atoms with van der Waals surface area (Å²) in [5.74, 6) is -3.04. The first kappa shape index (κ1) is 29.8. The van der Waals surface area contributed by atoms with Crippen LogP contribution >= 0.6 is 0 Å². The van der Waals surface area contributed by atoms with E-state index in [1.807, 2.05) is 0 Å². The Morgan fingerprint density at radius 1 is 0.576 bits per heavy atom. The first-order chi connectivity index (χ1) is 15.8. The standard InChI is InChI=1S/C17H20O8.2C3H6O/c1-5-13(18)22-9-17(10-23-14(19)6-2,11-24-15(20)7-3)12-25-16(21)8-4;2*1-2-4-3-1/h5-8H,1-4,9-12H2;2*1-3H2. The van der Waals surface area contributed by atoms with Gasteiger partial charge in [0.1, 0.15) is 31.8 Å². The minimum absolute atomic E-state index is 0.378. The van der Waals surface area contributed by atoms with Crippen molar-refractivity contribution in [1.29, 1.82) is 0 Å². The van der Waals surface area contributed by atoms with Crippen molar-refractivity contribution in [2.45, 2.75) is 12.8 Å². The summed E-state index contributed by atoms with van der Waals surface area (Å²) in [6.45, 7) is 15.5. The van der Waals surface area contributed by atoms with Gasteiger partial charge in [-0.1, -0.05) is 26.3 Å². The van der Waals surface area contributed by atoms with Crippen molar-refractivity contribution in [1.82, 2.24) is 0 Å². The second-order valence-electron chi connectivity index (χ2n) is 6.68. The Kier molecular flexibility index (Phi) is 16.5. The van der Waals surface area contributed by atoms with Crippen LogP contribution in [-0.2, 0) is 47.6 Å². The summed E-state index contributed by atoms with van der Waals surface area (Å²) in [6, 6.07) is 0. The molecule has 10 nitrogen and oxygen atoms in total. The minimum atomic E-state index is -1.34. The lowest BCUT2D eigenvalue weighted by Gasteiger charge is -2.31. The van der Waals surface area contributed by atoms with Crippen LogP contribution in [0.25, 0.3) is 0 Å². The monoisotopic (exact) mass is 468 g/mol. The molecule has 0 bridgehead atoms. The summed E-state index contributed by atoms with van der Waals surface area (Å²) in [7, 11) is 0. The Morgan fingerprint density at radius 2 is 0.758 bits per heavy atom. The van der Waals surface area contributed by atoms with Crippen LogP contribution in [0.2, 0.25) is 0 Å². The molecule has 2 rings (SSSR count). The summed E-state index contributed by atoms with van der Waals surface area (Å²) in [5, 5.41) is 0. The highest BCUT2D eigenvalue weighted by atomic mass is 16.6. The summed E-state index contributed by atoms with van der Waals surface area (Å²) >= 11 is 0. The van der Waals surface area contributed by atoms with E-state index in [9.17, 15) is 19.2 Å². The number of hydrogen-bond donors (Lipinski definition) is 0. The van der Waals surface area contributed by atoms with Crippen LogP contribution in [0.1, 0.15) is 12.8 Å². The third-order valence-corrected chi connectivity index (χ3v) is 3.90. The maximum Gasteiger partial charge on any atom is 0.330 e. The van der Waals surface area contributed by atoms with E-state index in [-0.39, 0.29) is 26.4 Å². The van der Waals surface area contributed by atoms with Crippen LogP contribution in [0, 0.1) is 5.41 Å². The highest BCUT2D eigenvalue weighted by Gasteiger charge is 2.37. The van der Waals surface area contributed by atoms with Crippen LogP contribution < -0.4 is 0 Å². The van der Waals surface area contributed by atoms with Gasteiger partial charge in [-0.05, 0) is 12.8 Å². The average Bonchev–Trinajstić information content (AvgIpc) is 2.74. The van der Waals surface area contributed by atoms with Crippen molar-refractivity contribution in [2.24, 2.45) is 5.41 Å². The van der Waals surface area contributed by atoms with E-state index >= 15 is 0 Å².